The van der Waals surface area contributed by atoms with E-state index in [4.69, 9.17) is 4.74 Å². The zero-order valence-corrected chi connectivity index (χ0v) is 19.3. The van der Waals surface area contributed by atoms with E-state index < -0.39 is 0 Å². The molecule has 6 heteroatoms. The molecule has 4 rings (SSSR count). The summed E-state index contributed by atoms with van der Waals surface area (Å²) in [5.41, 5.74) is 4.31. The van der Waals surface area contributed by atoms with Crippen LogP contribution < -0.4 is 9.64 Å². The number of anilines is 1. The Labute approximate surface area is 190 Å². The van der Waals surface area contributed by atoms with E-state index in [1.54, 1.807) is 7.11 Å². The average Bonchev–Trinajstić information content (AvgIpc) is 3.12. The van der Waals surface area contributed by atoms with Crippen LogP contribution in [0, 0.1) is 13.8 Å². The second kappa shape index (κ2) is 10.0. The molecule has 0 amide bonds. The summed E-state index contributed by atoms with van der Waals surface area (Å²) in [4.78, 5) is 22.1. The number of carbonyl (C=O) groups is 1. The third kappa shape index (κ3) is 5.02. The molecule has 2 aromatic heterocycles. The van der Waals surface area contributed by atoms with Crippen LogP contribution in [-0.4, -0.2) is 60.1 Å². The number of hydrogen-bond acceptors (Lipinski definition) is 5. The summed E-state index contributed by atoms with van der Waals surface area (Å²) in [7, 11) is 1.68. The predicted molar refractivity (Wildman–Crippen MR) is 128 cm³/mol. The molecule has 6 nitrogen and oxygen atoms in total. The van der Waals surface area contributed by atoms with E-state index in [0.29, 0.717) is 6.54 Å². The van der Waals surface area contributed by atoms with E-state index in [1.165, 1.54) is 5.56 Å². The van der Waals surface area contributed by atoms with Crippen molar-refractivity contribution in [3.8, 4) is 5.75 Å². The van der Waals surface area contributed by atoms with Crippen molar-refractivity contribution < 1.29 is 9.53 Å². The smallest absolute Gasteiger partial charge is 0.178 e. The molecule has 168 valence electrons. The van der Waals surface area contributed by atoms with Crippen LogP contribution in [0.3, 0.4) is 0 Å². The Morgan fingerprint density at radius 2 is 1.78 bits per heavy atom. The Morgan fingerprint density at radius 1 is 1.03 bits per heavy atom. The van der Waals surface area contributed by atoms with Gasteiger partial charge in [0.1, 0.15) is 11.6 Å². The van der Waals surface area contributed by atoms with E-state index in [9.17, 15) is 4.79 Å². The molecule has 1 aromatic carbocycles. The van der Waals surface area contributed by atoms with Crippen molar-refractivity contribution in [2.45, 2.75) is 26.8 Å². The number of Topliss-reactive ketones (excluding diaryl/α,β-unsaturated/α-hetero) is 1. The van der Waals surface area contributed by atoms with Crippen LogP contribution in [0.1, 0.15) is 27.3 Å². The molecular formula is C26H32N4O2. The van der Waals surface area contributed by atoms with Crippen LogP contribution in [0.4, 0.5) is 5.82 Å². The zero-order chi connectivity index (χ0) is 22.5. The number of aryl methyl sites for hydroxylation is 2. The first-order valence-corrected chi connectivity index (χ1v) is 11.3. The second-order valence-corrected chi connectivity index (χ2v) is 8.41. The number of carbonyl (C=O) groups excluding carboxylic acids is 1. The van der Waals surface area contributed by atoms with E-state index >= 15 is 0 Å². The number of methoxy groups -OCH3 is 1. The summed E-state index contributed by atoms with van der Waals surface area (Å²) in [6.45, 7) is 9.02. The fourth-order valence-corrected chi connectivity index (χ4v) is 4.42. The normalized spacial score (nSPS) is 14.5. The fourth-order valence-electron chi connectivity index (χ4n) is 4.42. The third-order valence-corrected chi connectivity index (χ3v) is 6.37. The van der Waals surface area contributed by atoms with Gasteiger partial charge in [-0.05, 0) is 56.2 Å². The van der Waals surface area contributed by atoms with Crippen molar-refractivity contribution in [1.82, 2.24) is 14.5 Å². The lowest BCUT2D eigenvalue weighted by Crippen LogP contribution is -2.48. The van der Waals surface area contributed by atoms with Crippen LogP contribution in [-0.2, 0) is 13.0 Å². The Kier molecular flexibility index (Phi) is 6.90. The van der Waals surface area contributed by atoms with E-state index in [2.05, 4.69) is 51.4 Å². The van der Waals surface area contributed by atoms with E-state index in [1.807, 2.05) is 36.5 Å². The van der Waals surface area contributed by atoms with Crippen molar-refractivity contribution in [1.29, 1.82) is 0 Å². The highest BCUT2D eigenvalue weighted by Gasteiger charge is 2.22. The van der Waals surface area contributed by atoms with Gasteiger partial charge in [0.15, 0.2) is 5.78 Å². The monoisotopic (exact) mass is 432 g/mol. The molecule has 0 unspecified atom stereocenters. The number of pyridine rings is 1. The van der Waals surface area contributed by atoms with Gasteiger partial charge in [-0.3, -0.25) is 9.69 Å². The maximum atomic E-state index is 13.1. The lowest BCUT2D eigenvalue weighted by Gasteiger charge is -2.35. The van der Waals surface area contributed by atoms with Crippen LogP contribution in [0.15, 0.2) is 54.7 Å². The molecule has 1 aliphatic rings. The number of piperazine rings is 1. The third-order valence-electron chi connectivity index (χ3n) is 6.37. The number of nitrogens with zero attached hydrogens (tertiary/aromatic N) is 4. The molecule has 0 N–H and O–H groups in total. The number of aromatic nitrogens is 2. The van der Waals surface area contributed by atoms with Gasteiger partial charge in [0.05, 0.1) is 13.7 Å². The molecule has 0 bridgehead atoms. The average molecular weight is 433 g/mol. The summed E-state index contributed by atoms with van der Waals surface area (Å²) < 4.78 is 7.50. The lowest BCUT2D eigenvalue weighted by atomic mass is 10.1. The molecule has 3 heterocycles. The number of ether oxygens (including phenoxy) is 1. The van der Waals surface area contributed by atoms with Gasteiger partial charge < -0.3 is 14.2 Å². The quantitative estimate of drug-likeness (QED) is 0.508. The largest absolute Gasteiger partial charge is 0.497 e. The van der Waals surface area contributed by atoms with E-state index in [-0.39, 0.29) is 5.78 Å². The van der Waals surface area contributed by atoms with Crippen LogP contribution in [0.5, 0.6) is 5.75 Å². The molecule has 1 saturated heterocycles. The molecule has 0 spiro atoms. The van der Waals surface area contributed by atoms with Crippen molar-refractivity contribution in [2.24, 2.45) is 0 Å². The van der Waals surface area contributed by atoms with Gasteiger partial charge in [0, 0.05) is 55.9 Å². The molecule has 1 fully saturated rings. The standard InChI is InChI=1S/C26H32N4O2/c1-20-18-24(21(2)30(20)13-11-22-7-9-23(32-3)10-8-22)25(31)19-28-14-16-29(17-15-28)26-6-4-5-12-27-26/h4-10,12,18H,11,13-17,19H2,1-3H3. The molecular weight excluding hydrogens is 400 g/mol. The first kappa shape index (κ1) is 22.1. The van der Waals surface area contributed by atoms with Gasteiger partial charge in [0.25, 0.3) is 0 Å². The molecule has 3 aromatic rings. The number of rotatable bonds is 8. The van der Waals surface area contributed by atoms with Gasteiger partial charge in [0.2, 0.25) is 0 Å². The van der Waals surface area contributed by atoms with Crippen molar-refractivity contribution >= 4 is 11.6 Å². The van der Waals surface area contributed by atoms with Crippen molar-refractivity contribution in [3.05, 3.63) is 77.2 Å². The van der Waals surface area contributed by atoms with Gasteiger partial charge in [-0.15, -0.1) is 0 Å². The molecule has 0 radical (unpaired) electrons. The minimum atomic E-state index is 0.208. The van der Waals surface area contributed by atoms with E-state index in [0.717, 1.165) is 67.7 Å². The minimum Gasteiger partial charge on any atom is -0.497 e. The SMILES string of the molecule is COc1ccc(CCn2c(C)cc(C(=O)CN3CCN(c4ccccn4)CC3)c2C)cc1. The van der Waals surface area contributed by atoms with Gasteiger partial charge in [-0.1, -0.05) is 18.2 Å². The summed E-state index contributed by atoms with van der Waals surface area (Å²) >= 11 is 0. The molecule has 1 aliphatic heterocycles. The number of benzene rings is 1. The van der Waals surface area contributed by atoms with Crippen LogP contribution >= 0.6 is 0 Å². The summed E-state index contributed by atoms with van der Waals surface area (Å²) in [5, 5.41) is 0. The zero-order valence-electron chi connectivity index (χ0n) is 19.3. The van der Waals surface area contributed by atoms with Crippen LogP contribution in [0.25, 0.3) is 0 Å². The molecule has 0 aliphatic carbocycles. The van der Waals surface area contributed by atoms with Gasteiger partial charge in [-0.2, -0.15) is 0 Å². The number of ketones is 1. The molecule has 0 saturated carbocycles. The van der Waals surface area contributed by atoms with Gasteiger partial charge >= 0.3 is 0 Å². The Morgan fingerprint density at radius 3 is 2.44 bits per heavy atom. The summed E-state index contributed by atoms with van der Waals surface area (Å²) in [6, 6.07) is 16.2. The van der Waals surface area contributed by atoms with Crippen molar-refractivity contribution in [3.63, 3.8) is 0 Å². The first-order chi connectivity index (χ1) is 15.5. The maximum Gasteiger partial charge on any atom is 0.178 e. The minimum absolute atomic E-state index is 0.208. The second-order valence-electron chi connectivity index (χ2n) is 8.41. The highest BCUT2D eigenvalue weighted by molar-refractivity contribution is 5.99. The summed E-state index contributed by atoms with van der Waals surface area (Å²) in [6.07, 6.45) is 2.75. The first-order valence-electron chi connectivity index (χ1n) is 11.3. The van der Waals surface area contributed by atoms with Crippen LogP contribution in [0.2, 0.25) is 0 Å². The topological polar surface area (TPSA) is 50.6 Å². The Hall–Kier alpha value is -3.12. The predicted octanol–water partition coefficient (Wildman–Crippen LogP) is 3.76. The van der Waals surface area contributed by atoms with Gasteiger partial charge in [-0.25, -0.2) is 4.98 Å². The maximum absolute atomic E-state index is 13.1. The fraction of sp³-hybridized carbons (Fsp3) is 0.385. The summed E-state index contributed by atoms with van der Waals surface area (Å²) in [5.74, 6) is 2.09. The molecule has 32 heavy (non-hydrogen) atoms. The Balaban J connectivity index is 1.34. The number of hydrogen-bond donors (Lipinski definition) is 0. The Bertz CT molecular complexity index is 1040. The lowest BCUT2D eigenvalue weighted by molar-refractivity contribution is 0.0925. The highest BCUT2D eigenvalue weighted by Crippen LogP contribution is 2.19. The van der Waals surface area contributed by atoms with Crippen molar-refractivity contribution in [2.75, 3.05) is 44.7 Å². The highest BCUT2D eigenvalue weighted by atomic mass is 16.5. The molecule has 0 atom stereocenters.